The summed E-state index contributed by atoms with van der Waals surface area (Å²) in [6.45, 7) is 2.48. The molecule has 2 aliphatic heterocycles. The highest BCUT2D eigenvalue weighted by Gasteiger charge is 2.23. The quantitative estimate of drug-likeness (QED) is 0.812. The van der Waals surface area contributed by atoms with Crippen LogP contribution in [0.2, 0.25) is 0 Å². The summed E-state index contributed by atoms with van der Waals surface area (Å²) in [4.78, 5) is 12.3. The van der Waals surface area contributed by atoms with Gasteiger partial charge in [0.2, 0.25) is 5.91 Å². The number of nitrogen functional groups attached to an aromatic ring is 1. The van der Waals surface area contributed by atoms with Gasteiger partial charge in [-0.15, -0.1) is 0 Å². The first-order chi connectivity index (χ1) is 10.2. The number of carbonyl (C=O) groups excluding carboxylic acids is 1. The second kappa shape index (κ2) is 6.22. The molecule has 3 rings (SSSR count). The molecule has 21 heavy (non-hydrogen) atoms. The van der Waals surface area contributed by atoms with Gasteiger partial charge in [-0.25, -0.2) is 0 Å². The zero-order valence-electron chi connectivity index (χ0n) is 11.9. The van der Waals surface area contributed by atoms with E-state index in [-0.39, 0.29) is 11.8 Å². The van der Waals surface area contributed by atoms with E-state index in [1.54, 1.807) is 12.1 Å². The number of fused-ring (bicyclic) bond motifs is 1. The van der Waals surface area contributed by atoms with E-state index < -0.39 is 0 Å². The average molecular weight is 292 g/mol. The van der Waals surface area contributed by atoms with Crippen LogP contribution in [0.1, 0.15) is 19.3 Å². The van der Waals surface area contributed by atoms with Gasteiger partial charge in [0.15, 0.2) is 11.5 Å². The first-order valence-electron chi connectivity index (χ1n) is 7.32. The molecule has 0 atom stereocenters. The molecule has 1 fully saturated rings. The van der Waals surface area contributed by atoms with Gasteiger partial charge in [-0.3, -0.25) is 4.79 Å². The lowest BCUT2D eigenvalue weighted by Gasteiger charge is -2.22. The van der Waals surface area contributed by atoms with Crippen molar-refractivity contribution in [1.29, 1.82) is 0 Å². The Morgan fingerprint density at radius 1 is 1.10 bits per heavy atom. The van der Waals surface area contributed by atoms with E-state index >= 15 is 0 Å². The van der Waals surface area contributed by atoms with Crippen molar-refractivity contribution in [2.24, 2.45) is 5.92 Å². The number of nitrogens with two attached hydrogens (primary N) is 1. The maximum Gasteiger partial charge on any atom is 0.227 e. The third-order valence-electron chi connectivity index (χ3n) is 3.77. The van der Waals surface area contributed by atoms with E-state index in [4.69, 9.17) is 19.9 Å². The van der Waals surface area contributed by atoms with Gasteiger partial charge in [0.05, 0.1) is 24.6 Å². The first-order valence-corrected chi connectivity index (χ1v) is 7.32. The molecular weight excluding hydrogens is 272 g/mol. The predicted molar refractivity (Wildman–Crippen MR) is 78.6 cm³/mol. The fourth-order valence-corrected chi connectivity index (χ4v) is 2.53. The minimum Gasteiger partial charge on any atom is -0.489 e. The van der Waals surface area contributed by atoms with Crippen LogP contribution in [0, 0.1) is 5.92 Å². The van der Waals surface area contributed by atoms with Crippen LogP contribution in [0.5, 0.6) is 11.5 Å². The molecule has 0 bridgehead atoms. The van der Waals surface area contributed by atoms with E-state index in [2.05, 4.69) is 5.32 Å². The number of hydrogen-bond acceptors (Lipinski definition) is 5. The van der Waals surface area contributed by atoms with Crippen LogP contribution in [0.15, 0.2) is 12.1 Å². The van der Waals surface area contributed by atoms with E-state index in [0.717, 1.165) is 19.3 Å². The molecule has 0 aromatic heterocycles. The average Bonchev–Trinajstić information content (AvgIpc) is 2.73. The number of amides is 1. The third-order valence-corrected chi connectivity index (χ3v) is 3.77. The molecule has 0 saturated carbocycles. The maximum atomic E-state index is 12.3. The lowest BCUT2D eigenvalue weighted by atomic mass is 9.99. The Labute approximate surface area is 123 Å². The van der Waals surface area contributed by atoms with Crippen molar-refractivity contribution in [3.8, 4) is 11.5 Å². The molecule has 6 heteroatoms. The molecule has 2 aliphatic rings. The van der Waals surface area contributed by atoms with Crippen LogP contribution in [0.4, 0.5) is 11.4 Å². The van der Waals surface area contributed by atoms with Crippen molar-refractivity contribution in [2.75, 3.05) is 37.5 Å². The number of anilines is 2. The largest absolute Gasteiger partial charge is 0.489 e. The Balaban J connectivity index is 1.75. The summed E-state index contributed by atoms with van der Waals surface area (Å²) < 4.78 is 16.5. The van der Waals surface area contributed by atoms with E-state index in [1.807, 2.05) is 0 Å². The molecule has 0 unspecified atom stereocenters. The SMILES string of the molecule is Nc1cc2c(cc1NC(=O)C1CCOCC1)OCCCO2. The summed E-state index contributed by atoms with van der Waals surface area (Å²) in [5.74, 6) is 1.23. The summed E-state index contributed by atoms with van der Waals surface area (Å²) in [6, 6.07) is 3.45. The Kier molecular flexibility index (Phi) is 4.15. The Morgan fingerprint density at radius 3 is 2.48 bits per heavy atom. The third kappa shape index (κ3) is 3.21. The molecule has 0 radical (unpaired) electrons. The number of hydrogen-bond donors (Lipinski definition) is 2. The predicted octanol–water partition coefficient (Wildman–Crippen LogP) is 1.80. The zero-order chi connectivity index (χ0) is 14.7. The zero-order valence-corrected chi connectivity index (χ0v) is 11.9. The fourth-order valence-electron chi connectivity index (χ4n) is 2.53. The van der Waals surface area contributed by atoms with Crippen molar-refractivity contribution >= 4 is 17.3 Å². The molecule has 1 aromatic carbocycles. The van der Waals surface area contributed by atoms with Crippen LogP contribution < -0.4 is 20.5 Å². The van der Waals surface area contributed by atoms with E-state index in [0.29, 0.717) is 49.3 Å². The number of nitrogens with one attached hydrogen (secondary N) is 1. The molecule has 3 N–H and O–H groups in total. The van der Waals surface area contributed by atoms with Gasteiger partial charge in [0.1, 0.15) is 0 Å². The van der Waals surface area contributed by atoms with Gasteiger partial charge >= 0.3 is 0 Å². The van der Waals surface area contributed by atoms with Crippen molar-refractivity contribution < 1.29 is 19.0 Å². The molecule has 1 aromatic rings. The van der Waals surface area contributed by atoms with Crippen LogP contribution in [-0.2, 0) is 9.53 Å². The summed E-state index contributed by atoms with van der Waals surface area (Å²) in [5.41, 5.74) is 7.06. The molecule has 2 heterocycles. The summed E-state index contributed by atoms with van der Waals surface area (Å²) in [6.07, 6.45) is 2.32. The summed E-state index contributed by atoms with van der Waals surface area (Å²) in [7, 11) is 0. The number of rotatable bonds is 2. The van der Waals surface area contributed by atoms with E-state index in [1.165, 1.54) is 0 Å². The Morgan fingerprint density at radius 2 is 1.76 bits per heavy atom. The van der Waals surface area contributed by atoms with E-state index in [9.17, 15) is 4.79 Å². The first kappa shape index (κ1) is 14.0. The molecular formula is C15H20N2O4. The van der Waals surface area contributed by atoms with Gasteiger partial charge in [-0.2, -0.15) is 0 Å². The molecule has 6 nitrogen and oxygen atoms in total. The van der Waals surface area contributed by atoms with Crippen LogP contribution in [0.3, 0.4) is 0 Å². The fraction of sp³-hybridized carbons (Fsp3) is 0.533. The highest BCUT2D eigenvalue weighted by molar-refractivity contribution is 5.96. The van der Waals surface area contributed by atoms with Gasteiger partial charge in [0, 0.05) is 37.7 Å². The minimum atomic E-state index is -0.0193. The molecule has 0 spiro atoms. The summed E-state index contributed by atoms with van der Waals surface area (Å²) in [5, 5.41) is 2.90. The minimum absolute atomic E-state index is 0.0144. The van der Waals surface area contributed by atoms with Gasteiger partial charge in [-0.1, -0.05) is 0 Å². The highest BCUT2D eigenvalue weighted by atomic mass is 16.5. The summed E-state index contributed by atoms with van der Waals surface area (Å²) >= 11 is 0. The van der Waals surface area contributed by atoms with Crippen LogP contribution in [-0.4, -0.2) is 32.3 Å². The molecule has 114 valence electrons. The van der Waals surface area contributed by atoms with Gasteiger partial charge < -0.3 is 25.3 Å². The topological polar surface area (TPSA) is 82.8 Å². The second-order valence-corrected chi connectivity index (χ2v) is 5.31. The van der Waals surface area contributed by atoms with Gasteiger partial charge in [0.25, 0.3) is 0 Å². The standard InChI is InChI=1S/C15H20N2O4/c16-11-8-13-14(21-5-1-4-20-13)9-12(11)17-15(18)10-2-6-19-7-3-10/h8-10H,1-7,16H2,(H,17,18). The lowest BCUT2D eigenvalue weighted by molar-refractivity contribution is -0.122. The molecule has 1 saturated heterocycles. The normalized spacial score (nSPS) is 18.9. The van der Waals surface area contributed by atoms with Crippen LogP contribution >= 0.6 is 0 Å². The number of ether oxygens (including phenoxy) is 3. The lowest BCUT2D eigenvalue weighted by Crippen LogP contribution is -2.28. The van der Waals surface area contributed by atoms with Crippen LogP contribution in [0.25, 0.3) is 0 Å². The van der Waals surface area contributed by atoms with Crippen molar-refractivity contribution in [3.63, 3.8) is 0 Å². The Bertz CT molecular complexity index is 527. The van der Waals surface area contributed by atoms with Crippen molar-refractivity contribution in [2.45, 2.75) is 19.3 Å². The smallest absolute Gasteiger partial charge is 0.227 e. The molecule has 1 amide bonds. The Hall–Kier alpha value is -1.95. The maximum absolute atomic E-state index is 12.3. The van der Waals surface area contributed by atoms with Crippen molar-refractivity contribution in [3.05, 3.63) is 12.1 Å². The molecule has 0 aliphatic carbocycles. The highest BCUT2D eigenvalue weighted by Crippen LogP contribution is 2.37. The number of carbonyl (C=O) groups is 1. The van der Waals surface area contributed by atoms with Gasteiger partial charge in [-0.05, 0) is 12.8 Å². The second-order valence-electron chi connectivity index (χ2n) is 5.31. The monoisotopic (exact) mass is 292 g/mol. The number of benzene rings is 1. The van der Waals surface area contributed by atoms with Crippen molar-refractivity contribution in [1.82, 2.24) is 0 Å².